The first-order valence-electron chi connectivity index (χ1n) is 4.44. The quantitative estimate of drug-likeness (QED) is 0.720. The molecule has 1 rings (SSSR count). The van der Waals surface area contributed by atoms with Crippen LogP contribution in [0.4, 0.5) is 0 Å². The zero-order valence-corrected chi connectivity index (χ0v) is 8.41. The molecule has 1 N–H and O–H groups in total. The summed E-state index contributed by atoms with van der Waals surface area (Å²) in [6.45, 7) is 2.92. The fourth-order valence-corrected chi connectivity index (χ4v) is 0.971. The van der Waals surface area contributed by atoms with Crippen molar-refractivity contribution in [1.82, 2.24) is 10.3 Å². The van der Waals surface area contributed by atoms with E-state index in [1.165, 1.54) is 0 Å². The summed E-state index contributed by atoms with van der Waals surface area (Å²) in [4.78, 5) is 15.5. The summed E-state index contributed by atoms with van der Waals surface area (Å²) in [6.07, 6.45) is 1.57. The van der Waals surface area contributed by atoms with Gasteiger partial charge in [-0.05, 0) is 19.1 Å². The molecule has 0 saturated carbocycles. The Morgan fingerprint density at radius 1 is 1.57 bits per heavy atom. The number of methoxy groups -OCH3 is 1. The molecule has 0 atom stereocenters. The van der Waals surface area contributed by atoms with Crippen molar-refractivity contribution >= 4 is 5.91 Å². The number of hydrogen-bond acceptors (Lipinski definition) is 3. The number of nitrogens with one attached hydrogen (secondary N) is 1. The highest BCUT2D eigenvalue weighted by molar-refractivity contribution is 5.93. The van der Waals surface area contributed by atoms with Gasteiger partial charge in [0, 0.05) is 25.5 Å². The van der Waals surface area contributed by atoms with Gasteiger partial charge < -0.3 is 10.1 Å². The zero-order valence-electron chi connectivity index (χ0n) is 8.41. The van der Waals surface area contributed by atoms with Crippen LogP contribution in [0.3, 0.4) is 0 Å². The predicted octanol–water partition coefficient (Wildman–Crippen LogP) is 0.766. The summed E-state index contributed by atoms with van der Waals surface area (Å²) >= 11 is 0. The van der Waals surface area contributed by atoms with Crippen molar-refractivity contribution in [2.24, 2.45) is 0 Å². The number of aryl methyl sites for hydroxylation is 1. The Morgan fingerprint density at radius 2 is 2.36 bits per heavy atom. The van der Waals surface area contributed by atoms with Gasteiger partial charge in [-0.3, -0.25) is 9.78 Å². The van der Waals surface area contributed by atoms with E-state index >= 15 is 0 Å². The van der Waals surface area contributed by atoms with Crippen LogP contribution in [0.5, 0.6) is 0 Å². The molecule has 1 heterocycles. The van der Waals surface area contributed by atoms with Crippen LogP contribution >= 0.6 is 0 Å². The molecule has 0 saturated heterocycles. The molecule has 0 radical (unpaired) electrons. The zero-order chi connectivity index (χ0) is 10.4. The smallest absolute Gasteiger partial charge is 0.252 e. The van der Waals surface area contributed by atoms with Crippen LogP contribution in [0.2, 0.25) is 0 Å². The predicted molar refractivity (Wildman–Crippen MR) is 53.2 cm³/mol. The molecule has 0 aliphatic carbocycles. The summed E-state index contributed by atoms with van der Waals surface area (Å²) in [7, 11) is 1.60. The SMILES string of the molecule is COCCNC(=O)c1ccc(C)nc1. The molecule has 1 amide bonds. The molecule has 14 heavy (non-hydrogen) atoms. The maximum absolute atomic E-state index is 11.4. The van der Waals surface area contributed by atoms with Gasteiger partial charge in [0.2, 0.25) is 0 Å². The lowest BCUT2D eigenvalue weighted by molar-refractivity contribution is 0.0936. The number of amides is 1. The molecule has 4 nitrogen and oxygen atoms in total. The Morgan fingerprint density at radius 3 is 2.93 bits per heavy atom. The van der Waals surface area contributed by atoms with Crippen LogP contribution < -0.4 is 5.32 Å². The standard InChI is InChI=1S/C10H14N2O2/c1-8-3-4-9(7-12-8)10(13)11-5-6-14-2/h3-4,7H,5-6H2,1-2H3,(H,11,13). The third-order valence-corrected chi connectivity index (χ3v) is 1.77. The first-order chi connectivity index (χ1) is 6.74. The number of ether oxygens (including phenoxy) is 1. The van der Waals surface area contributed by atoms with Crippen LogP contribution in [-0.4, -0.2) is 31.2 Å². The van der Waals surface area contributed by atoms with E-state index in [4.69, 9.17) is 4.74 Å². The van der Waals surface area contributed by atoms with Gasteiger partial charge in [0.1, 0.15) is 0 Å². The van der Waals surface area contributed by atoms with E-state index in [2.05, 4.69) is 10.3 Å². The molecule has 0 aliphatic heterocycles. The van der Waals surface area contributed by atoms with E-state index in [0.717, 1.165) is 5.69 Å². The van der Waals surface area contributed by atoms with Gasteiger partial charge in [-0.2, -0.15) is 0 Å². The highest BCUT2D eigenvalue weighted by Gasteiger charge is 2.03. The maximum atomic E-state index is 11.4. The summed E-state index contributed by atoms with van der Waals surface area (Å²) in [5, 5.41) is 2.72. The van der Waals surface area contributed by atoms with Crippen molar-refractivity contribution < 1.29 is 9.53 Å². The van der Waals surface area contributed by atoms with Crippen molar-refractivity contribution in [2.45, 2.75) is 6.92 Å². The van der Waals surface area contributed by atoms with Gasteiger partial charge in [0.05, 0.1) is 12.2 Å². The molecule has 0 fully saturated rings. The van der Waals surface area contributed by atoms with Gasteiger partial charge in [-0.15, -0.1) is 0 Å². The third kappa shape index (κ3) is 3.14. The van der Waals surface area contributed by atoms with E-state index in [-0.39, 0.29) is 5.91 Å². The van der Waals surface area contributed by atoms with Crippen molar-refractivity contribution in [1.29, 1.82) is 0 Å². The number of hydrogen-bond donors (Lipinski definition) is 1. The first-order valence-corrected chi connectivity index (χ1v) is 4.44. The first kappa shape index (κ1) is 10.7. The molecular weight excluding hydrogens is 180 g/mol. The van der Waals surface area contributed by atoms with E-state index in [0.29, 0.717) is 18.7 Å². The fourth-order valence-electron chi connectivity index (χ4n) is 0.971. The fraction of sp³-hybridized carbons (Fsp3) is 0.400. The topological polar surface area (TPSA) is 51.2 Å². The van der Waals surface area contributed by atoms with Crippen LogP contribution in [0.15, 0.2) is 18.3 Å². The van der Waals surface area contributed by atoms with Gasteiger partial charge in [0.15, 0.2) is 0 Å². The number of rotatable bonds is 4. The van der Waals surface area contributed by atoms with E-state index < -0.39 is 0 Å². The largest absolute Gasteiger partial charge is 0.383 e. The Bertz CT molecular complexity index is 295. The molecule has 76 valence electrons. The number of carbonyl (C=O) groups excluding carboxylic acids is 1. The Kier molecular flexibility index (Phi) is 4.07. The lowest BCUT2D eigenvalue weighted by Crippen LogP contribution is -2.26. The minimum absolute atomic E-state index is 0.116. The molecule has 0 spiro atoms. The van der Waals surface area contributed by atoms with Crippen LogP contribution in [0.1, 0.15) is 16.1 Å². The highest BCUT2D eigenvalue weighted by Crippen LogP contribution is 1.98. The van der Waals surface area contributed by atoms with Gasteiger partial charge >= 0.3 is 0 Å². The van der Waals surface area contributed by atoms with Crippen LogP contribution in [-0.2, 0) is 4.74 Å². The molecule has 1 aromatic rings. The van der Waals surface area contributed by atoms with Gasteiger partial charge in [-0.1, -0.05) is 0 Å². The minimum atomic E-state index is -0.116. The molecule has 1 aromatic heterocycles. The summed E-state index contributed by atoms with van der Waals surface area (Å²) in [5.74, 6) is -0.116. The van der Waals surface area contributed by atoms with Crippen molar-refractivity contribution in [3.8, 4) is 0 Å². The minimum Gasteiger partial charge on any atom is -0.383 e. The van der Waals surface area contributed by atoms with Gasteiger partial charge in [-0.25, -0.2) is 0 Å². The van der Waals surface area contributed by atoms with Crippen molar-refractivity contribution in [2.75, 3.05) is 20.3 Å². The number of pyridine rings is 1. The second-order valence-corrected chi connectivity index (χ2v) is 2.94. The average Bonchev–Trinajstić information content (AvgIpc) is 2.19. The van der Waals surface area contributed by atoms with Crippen LogP contribution in [0.25, 0.3) is 0 Å². The Hall–Kier alpha value is -1.42. The van der Waals surface area contributed by atoms with Crippen molar-refractivity contribution in [3.63, 3.8) is 0 Å². The summed E-state index contributed by atoms with van der Waals surface area (Å²) in [5.41, 5.74) is 1.48. The average molecular weight is 194 g/mol. The van der Waals surface area contributed by atoms with Crippen LogP contribution in [0, 0.1) is 6.92 Å². The molecule has 0 aromatic carbocycles. The second-order valence-electron chi connectivity index (χ2n) is 2.94. The molecular formula is C10H14N2O2. The lowest BCUT2D eigenvalue weighted by atomic mass is 10.2. The number of carbonyl (C=O) groups is 1. The van der Waals surface area contributed by atoms with Gasteiger partial charge in [0.25, 0.3) is 5.91 Å². The molecule has 0 bridgehead atoms. The monoisotopic (exact) mass is 194 g/mol. The third-order valence-electron chi connectivity index (χ3n) is 1.77. The van der Waals surface area contributed by atoms with E-state index in [1.54, 1.807) is 19.4 Å². The Labute approximate surface area is 83.3 Å². The molecule has 0 unspecified atom stereocenters. The number of nitrogens with zero attached hydrogens (tertiary/aromatic N) is 1. The van der Waals surface area contributed by atoms with E-state index in [9.17, 15) is 4.79 Å². The number of aromatic nitrogens is 1. The summed E-state index contributed by atoms with van der Waals surface area (Å²) in [6, 6.07) is 3.57. The van der Waals surface area contributed by atoms with E-state index in [1.807, 2.05) is 13.0 Å². The molecule has 0 aliphatic rings. The summed E-state index contributed by atoms with van der Waals surface area (Å²) < 4.78 is 4.82. The Balaban J connectivity index is 2.48. The highest BCUT2D eigenvalue weighted by atomic mass is 16.5. The maximum Gasteiger partial charge on any atom is 0.252 e. The van der Waals surface area contributed by atoms with Crippen molar-refractivity contribution in [3.05, 3.63) is 29.6 Å². The molecule has 4 heteroatoms. The normalized spacial score (nSPS) is 9.86. The lowest BCUT2D eigenvalue weighted by Gasteiger charge is -2.03. The second kappa shape index (κ2) is 5.34.